The first-order valence-electron chi connectivity index (χ1n) is 10.8. The van der Waals surface area contributed by atoms with Crippen LogP contribution in [0.15, 0.2) is 55.1 Å². The average molecular weight is 496 g/mol. The number of fused-ring (bicyclic) bond motifs is 1. The van der Waals surface area contributed by atoms with E-state index in [-0.39, 0.29) is 0 Å². The Morgan fingerprint density at radius 1 is 1.17 bits per heavy atom. The predicted octanol–water partition coefficient (Wildman–Crippen LogP) is 1.52. The highest BCUT2D eigenvalue weighted by atomic mass is 35.5. The lowest BCUT2D eigenvalue weighted by Crippen LogP contribution is -2.41. The van der Waals surface area contributed by atoms with E-state index in [1.165, 1.54) is 24.1 Å². The number of halogens is 1. The molecule has 0 saturated carbocycles. The van der Waals surface area contributed by atoms with Gasteiger partial charge in [-0.25, -0.2) is 15.0 Å². The minimum atomic E-state index is -1.42. The smallest absolute Gasteiger partial charge is 0.251 e. The normalized spacial score (nSPS) is 21.8. The summed E-state index contributed by atoms with van der Waals surface area (Å²) < 4.78 is 7.20. The van der Waals surface area contributed by atoms with E-state index in [9.17, 15) is 15.0 Å². The number of hydrogen-bond acceptors (Lipinski definition) is 9. The summed E-state index contributed by atoms with van der Waals surface area (Å²) in [6.07, 6.45) is -0.633. The molecule has 1 aliphatic heterocycles. The number of anilines is 1. The first kappa shape index (κ1) is 23.1. The van der Waals surface area contributed by atoms with E-state index in [0.29, 0.717) is 39.9 Å². The highest BCUT2D eigenvalue weighted by Gasteiger charge is 2.47. The van der Waals surface area contributed by atoms with Crippen molar-refractivity contribution in [2.75, 3.05) is 12.4 Å². The van der Waals surface area contributed by atoms with Crippen LogP contribution in [0.25, 0.3) is 22.6 Å². The van der Waals surface area contributed by atoms with Crippen molar-refractivity contribution in [3.63, 3.8) is 0 Å². The molecule has 1 saturated heterocycles. The molecule has 4 N–H and O–H groups in total. The summed E-state index contributed by atoms with van der Waals surface area (Å²) in [4.78, 5) is 29.9. The molecule has 5 rings (SSSR count). The van der Waals surface area contributed by atoms with Gasteiger partial charge in [-0.15, -0.1) is 0 Å². The molecule has 0 bridgehead atoms. The lowest BCUT2D eigenvalue weighted by Gasteiger charge is -2.17. The van der Waals surface area contributed by atoms with Crippen molar-refractivity contribution >= 4 is 34.5 Å². The fourth-order valence-corrected chi connectivity index (χ4v) is 4.09. The van der Waals surface area contributed by atoms with Crippen molar-refractivity contribution in [1.29, 1.82) is 0 Å². The Morgan fingerprint density at radius 2 is 1.97 bits per heavy atom. The Bertz CT molecular complexity index is 1370. The van der Waals surface area contributed by atoms with Crippen LogP contribution >= 0.6 is 11.6 Å². The number of carbonyl (C=O) groups is 1. The van der Waals surface area contributed by atoms with Crippen LogP contribution in [0.2, 0.25) is 5.02 Å². The summed E-state index contributed by atoms with van der Waals surface area (Å²) in [6, 6.07) is 11.5. The molecule has 35 heavy (non-hydrogen) atoms. The molecule has 1 fully saturated rings. The lowest BCUT2D eigenvalue weighted by molar-refractivity contribution is -0.137. The number of carbonyl (C=O) groups excluding carboxylic acids is 1. The number of amides is 1. The first-order chi connectivity index (χ1) is 17.0. The number of aromatic nitrogens is 5. The number of likely N-dealkylation sites (N-methyl/N-ethyl adjacent to an activating group) is 1. The number of nitrogens with zero attached hydrogens (tertiary/aromatic N) is 5. The Kier molecular flexibility index (Phi) is 6.31. The molecular weight excluding hydrogens is 474 g/mol. The summed E-state index contributed by atoms with van der Waals surface area (Å²) >= 11 is 6.13. The van der Waals surface area contributed by atoms with Gasteiger partial charge >= 0.3 is 0 Å². The Balaban J connectivity index is 1.58. The van der Waals surface area contributed by atoms with Gasteiger partial charge in [0, 0.05) is 31.5 Å². The van der Waals surface area contributed by atoms with E-state index < -0.39 is 30.4 Å². The molecule has 1 aromatic carbocycles. The molecule has 0 spiro atoms. The third-order valence-electron chi connectivity index (χ3n) is 5.70. The SMILES string of the molecule is CNC(=O)C1OC(n2cnc3c(NCc4ccccc4)nc(-c4cncc(Cl)c4)nc32)C(O)C1O. The maximum atomic E-state index is 12.1. The molecule has 3 aromatic heterocycles. The predicted molar refractivity (Wildman–Crippen MR) is 127 cm³/mol. The van der Waals surface area contributed by atoms with Crippen molar-refractivity contribution in [1.82, 2.24) is 29.8 Å². The number of benzene rings is 1. The molecular formula is C23H22ClN7O4. The molecule has 0 aliphatic carbocycles. The maximum Gasteiger partial charge on any atom is 0.251 e. The van der Waals surface area contributed by atoms with E-state index in [4.69, 9.17) is 16.3 Å². The van der Waals surface area contributed by atoms with Crippen LogP contribution in [0.3, 0.4) is 0 Å². The highest BCUT2D eigenvalue weighted by Crippen LogP contribution is 2.33. The van der Waals surface area contributed by atoms with Crippen LogP contribution in [0.1, 0.15) is 11.8 Å². The van der Waals surface area contributed by atoms with Crippen molar-refractivity contribution in [3.05, 3.63) is 65.7 Å². The molecule has 180 valence electrons. The molecule has 0 radical (unpaired) electrons. The second-order valence-electron chi connectivity index (χ2n) is 7.99. The minimum absolute atomic E-state index is 0.320. The maximum absolute atomic E-state index is 12.1. The quantitative estimate of drug-likeness (QED) is 0.312. The van der Waals surface area contributed by atoms with E-state index in [0.717, 1.165) is 5.56 Å². The fourth-order valence-electron chi connectivity index (χ4n) is 3.92. The molecule has 11 nitrogen and oxygen atoms in total. The Morgan fingerprint density at radius 3 is 2.71 bits per heavy atom. The van der Waals surface area contributed by atoms with Crippen LogP contribution in [0, 0.1) is 0 Å². The van der Waals surface area contributed by atoms with Gasteiger partial charge in [0.2, 0.25) is 0 Å². The van der Waals surface area contributed by atoms with Gasteiger partial charge in [-0.05, 0) is 11.6 Å². The third-order valence-corrected chi connectivity index (χ3v) is 5.91. The van der Waals surface area contributed by atoms with E-state index >= 15 is 0 Å². The zero-order valence-corrected chi connectivity index (χ0v) is 19.3. The number of rotatable bonds is 6. The van der Waals surface area contributed by atoms with E-state index in [1.807, 2.05) is 30.3 Å². The average Bonchev–Trinajstić information content (AvgIpc) is 3.43. The van der Waals surface area contributed by atoms with Crippen molar-refractivity contribution < 1.29 is 19.7 Å². The van der Waals surface area contributed by atoms with Gasteiger partial charge in [-0.1, -0.05) is 41.9 Å². The topological polar surface area (TPSA) is 147 Å². The molecule has 1 amide bonds. The molecule has 4 unspecified atom stereocenters. The molecule has 12 heteroatoms. The van der Waals surface area contributed by atoms with Crippen LogP contribution in [-0.2, 0) is 16.1 Å². The zero-order valence-electron chi connectivity index (χ0n) is 18.5. The summed E-state index contributed by atoms with van der Waals surface area (Å²) in [5.74, 6) is 0.221. The largest absolute Gasteiger partial charge is 0.387 e. The van der Waals surface area contributed by atoms with Gasteiger partial charge < -0.3 is 25.6 Å². The molecule has 4 atom stereocenters. The molecule has 4 aromatic rings. The number of nitrogens with one attached hydrogen (secondary N) is 2. The minimum Gasteiger partial charge on any atom is -0.387 e. The summed E-state index contributed by atoms with van der Waals surface area (Å²) in [5.41, 5.74) is 2.37. The van der Waals surface area contributed by atoms with Crippen molar-refractivity contribution in [3.8, 4) is 11.4 Å². The summed E-state index contributed by atoms with van der Waals surface area (Å²) in [6.45, 7) is 0.479. The number of aliphatic hydroxyl groups excluding tert-OH is 2. The fraction of sp³-hybridized carbons (Fsp3) is 0.261. The zero-order chi connectivity index (χ0) is 24.5. The van der Waals surface area contributed by atoms with E-state index in [2.05, 4.69) is 30.6 Å². The number of imidazole rings is 1. The Labute approximate surface area is 204 Å². The summed E-state index contributed by atoms with van der Waals surface area (Å²) in [5, 5.41) is 27.2. The second-order valence-corrected chi connectivity index (χ2v) is 8.43. The van der Waals surface area contributed by atoms with Crippen LogP contribution in [0.4, 0.5) is 5.82 Å². The molecule has 1 aliphatic rings. The Hall–Kier alpha value is -3.64. The van der Waals surface area contributed by atoms with Crippen molar-refractivity contribution in [2.45, 2.75) is 31.1 Å². The van der Waals surface area contributed by atoms with Crippen LogP contribution in [-0.4, -0.2) is 66.0 Å². The van der Waals surface area contributed by atoms with Gasteiger partial charge in [0.25, 0.3) is 5.91 Å². The van der Waals surface area contributed by atoms with Gasteiger partial charge in [0.15, 0.2) is 35.1 Å². The van der Waals surface area contributed by atoms with Gasteiger partial charge in [-0.2, -0.15) is 0 Å². The van der Waals surface area contributed by atoms with E-state index in [1.54, 1.807) is 12.3 Å². The van der Waals surface area contributed by atoms with Gasteiger partial charge in [-0.3, -0.25) is 14.3 Å². The standard InChI is InChI=1S/C23H22ClN7O4/c1-25-22(34)18-16(32)17(33)23(35-18)31-11-28-15-20(27-8-12-5-3-2-4-6-12)29-19(30-21(15)31)13-7-14(24)10-26-9-13/h2-7,9-11,16-18,23,32-33H,8H2,1H3,(H,25,34)(H,27,29,30). The monoisotopic (exact) mass is 495 g/mol. The third kappa shape index (κ3) is 4.42. The van der Waals surface area contributed by atoms with Gasteiger partial charge in [0.1, 0.15) is 12.2 Å². The van der Waals surface area contributed by atoms with Crippen LogP contribution < -0.4 is 10.6 Å². The molecule has 4 heterocycles. The lowest BCUT2D eigenvalue weighted by atomic mass is 10.1. The highest BCUT2D eigenvalue weighted by molar-refractivity contribution is 6.30. The van der Waals surface area contributed by atoms with Crippen LogP contribution in [0.5, 0.6) is 0 Å². The number of hydrogen-bond donors (Lipinski definition) is 4. The summed E-state index contributed by atoms with van der Waals surface area (Å²) in [7, 11) is 1.42. The first-order valence-corrected chi connectivity index (χ1v) is 11.2. The van der Waals surface area contributed by atoms with Gasteiger partial charge in [0.05, 0.1) is 11.3 Å². The number of aliphatic hydroxyl groups is 2. The second kappa shape index (κ2) is 9.55. The number of pyridine rings is 1. The number of ether oxygens (including phenoxy) is 1. The van der Waals surface area contributed by atoms with Crippen molar-refractivity contribution in [2.24, 2.45) is 0 Å².